The van der Waals surface area contributed by atoms with Gasteiger partial charge in [-0.3, -0.25) is 9.48 Å². The number of nitrogens with one attached hydrogen (secondary N) is 1. The molecule has 0 fully saturated rings. The molecular weight excluding hydrogens is 352 g/mol. The minimum absolute atomic E-state index is 0.0119. The largest absolute Gasteiger partial charge is 0.310 e. The van der Waals surface area contributed by atoms with Crippen LogP contribution in [0.3, 0.4) is 0 Å². The van der Waals surface area contributed by atoms with Crippen LogP contribution >= 0.6 is 0 Å². The molecule has 0 unspecified atom stereocenters. The molecule has 2 aromatic heterocycles. The Labute approximate surface area is 155 Å². The highest BCUT2D eigenvalue weighted by molar-refractivity contribution is 5.92. The molecule has 0 aliphatic rings. The summed E-state index contributed by atoms with van der Waals surface area (Å²) in [6, 6.07) is 3.27. The molecule has 0 saturated heterocycles. The summed E-state index contributed by atoms with van der Waals surface area (Å²) in [6.07, 6.45) is 1.75. The van der Waals surface area contributed by atoms with Gasteiger partial charge in [0, 0.05) is 29.4 Å². The van der Waals surface area contributed by atoms with E-state index in [1.165, 1.54) is 4.68 Å². The first kappa shape index (κ1) is 18.8. The summed E-state index contributed by atoms with van der Waals surface area (Å²) in [7, 11) is 1.83. The van der Waals surface area contributed by atoms with Crippen molar-refractivity contribution < 1.29 is 13.6 Å². The quantitative estimate of drug-likeness (QED) is 0.748. The summed E-state index contributed by atoms with van der Waals surface area (Å²) in [5.41, 5.74) is 3.49. The number of nitrogens with zero attached hydrogens (tertiary/aromatic N) is 4. The summed E-state index contributed by atoms with van der Waals surface area (Å²) in [6.45, 7) is 5.57. The maximum absolute atomic E-state index is 13.9. The van der Waals surface area contributed by atoms with Crippen LogP contribution in [0.1, 0.15) is 28.1 Å². The molecule has 6 nitrogen and oxygen atoms in total. The first-order valence-electron chi connectivity index (χ1n) is 8.51. The molecule has 0 spiro atoms. The molecule has 8 heteroatoms. The molecular formula is C19H21F2N5O. The number of hydrogen-bond acceptors (Lipinski definition) is 3. The van der Waals surface area contributed by atoms with Crippen molar-refractivity contribution in [3.8, 4) is 0 Å². The van der Waals surface area contributed by atoms with Crippen molar-refractivity contribution >= 4 is 11.7 Å². The van der Waals surface area contributed by atoms with E-state index in [1.54, 1.807) is 17.8 Å². The molecule has 27 heavy (non-hydrogen) atoms. The summed E-state index contributed by atoms with van der Waals surface area (Å²) >= 11 is 0. The molecule has 0 saturated carbocycles. The van der Waals surface area contributed by atoms with Crippen LogP contribution in [0.5, 0.6) is 0 Å². The van der Waals surface area contributed by atoms with Crippen molar-refractivity contribution in [2.75, 3.05) is 5.32 Å². The van der Waals surface area contributed by atoms with Crippen LogP contribution in [0.25, 0.3) is 0 Å². The molecule has 1 amide bonds. The average Bonchev–Trinajstić information content (AvgIpc) is 3.06. The maximum Gasteiger partial charge on any atom is 0.230 e. The van der Waals surface area contributed by atoms with Crippen molar-refractivity contribution in [3.63, 3.8) is 0 Å². The Balaban J connectivity index is 1.80. The average molecular weight is 373 g/mol. The molecule has 0 atom stereocenters. The van der Waals surface area contributed by atoms with Crippen LogP contribution in [-0.2, 0) is 24.8 Å². The number of carbonyl (C=O) groups is 1. The number of halogens is 2. The van der Waals surface area contributed by atoms with Crippen molar-refractivity contribution in [2.24, 2.45) is 7.05 Å². The van der Waals surface area contributed by atoms with Gasteiger partial charge in [0.15, 0.2) is 0 Å². The lowest BCUT2D eigenvalue weighted by Gasteiger charge is -2.11. The number of hydrogen-bond donors (Lipinski definition) is 1. The van der Waals surface area contributed by atoms with Crippen LogP contribution < -0.4 is 5.32 Å². The molecule has 2 heterocycles. The van der Waals surface area contributed by atoms with Crippen molar-refractivity contribution in [1.82, 2.24) is 19.6 Å². The lowest BCUT2D eigenvalue weighted by Crippen LogP contribution is -2.19. The third-order valence-electron chi connectivity index (χ3n) is 4.60. The predicted octanol–water partition coefficient (Wildman–Crippen LogP) is 3.05. The molecule has 1 aromatic carbocycles. The highest BCUT2D eigenvalue weighted by Gasteiger charge is 2.17. The molecule has 0 aliphatic heterocycles. The Bertz CT molecular complexity index is 1010. The third kappa shape index (κ3) is 3.89. The maximum atomic E-state index is 13.9. The van der Waals surface area contributed by atoms with Crippen molar-refractivity contribution in [3.05, 3.63) is 64.1 Å². The number of carbonyl (C=O) groups excluding carboxylic acids is 1. The highest BCUT2D eigenvalue weighted by atomic mass is 19.1. The van der Waals surface area contributed by atoms with Gasteiger partial charge in [-0.05, 0) is 39.0 Å². The summed E-state index contributed by atoms with van der Waals surface area (Å²) in [5.74, 6) is -0.812. The van der Waals surface area contributed by atoms with E-state index in [2.05, 4.69) is 15.5 Å². The van der Waals surface area contributed by atoms with Crippen molar-refractivity contribution in [2.45, 2.75) is 33.7 Å². The van der Waals surface area contributed by atoms with E-state index in [1.807, 2.05) is 20.9 Å². The lowest BCUT2D eigenvalue weighted by molar-refractivity contribution is -0.115. The zero-order valence-electron chi connectivity index (χ0n) is 15.7. The van der Waals surface area contributed by atoms with Gasteiger partial charge in [0.25, 0.3) is 0 Å². The number of anilines is 1. The molecule has 0 bridgehead atoms. The molecule has 0 aliphatic carbocycles. The first-order chi connectivity index (χ1) is 12.8. The smallest absolute Gasteiger partial charge is 0.230 e. The Morgan fingerprint density at radius 2 is 1.96 bits per heavy atom. The second-order valence-electron chi connectivity index (χ2n) is 6.57. The lowest BCUT2D eigenvalue weighted by atomic mass is 10.1. The fraction of sp³-hybridized carbons (Fsp3) is 0.316. The molecule has 1 N–H and O–H groups in total. The van der Waals surface area contributed by atoms with E-state index < -0.39 is 11.6 Å². The highest BCUT2D eigenvalue weighted by Crippen LogP contribution is 2.19. The molecule has 3 rings (SSSR count). The topological polar surface area (TPSA) is 64.7 Å². The number of amides is 1. The van der Waals surface area contributed by atoms with Crippen LogP contribution in [0.4, 0.5) is 14.6 Å². The van der Waals surface area contributed by atoms with Crippen LogP contribution in [-0.4, -0.2) is 25.5 Å². The van der Waals surface area contributed by atoms with E-state index in [9.17, 15) is 13.6 Å². The third-order valence-corrected chi connectivity index (χ3v) is 4.60. The van der Waals surface area contributed by atoms with Crippen LogP contribution in [0.2, 0.25) is 0 Å². The Hall–Kier alpha value is -3.03. The predicted molar refractivity (Wildman–Crippen MR) is 97.4 cm³/mol. The monoisotopic (exact) mass is 373 g/mol. The van der Waals surface area contributed by atoms with E-state index in [4.69, 9.17) is 0 Å². The Morgan fingerprint density at radius 3 is 2.63 bits per heavy atom. The number of benzene rings is 1. The summed E-state index contributed by atoms with van der Waals surface area (Å²) in [5, 5.41) is 11.3. The van der Waals surface area contributed by atoms with Gasteiger partial charge in [-0.15, -0.1) is 0 Å². The van der Waals surface area contributed by atoms with Gasteiger partial charge in [-0.1, -0.05) is 0 Å². The van der Waals surface area contributed by atoms with E-state index in [-0.39, 0.29) is 24.4 Å². The zero-order valence-corrected chi connectivity index (χ0v) is 15.7. The second kappa shape index (κ2) is 7.30. The zero-order chi connectivity index (χ0) is 19.7. The van der Waals surface area contributed by atoms with Gasteiger partial charge in [0.05, 0.1) is 24.9 Å². The van der Waals surface area contributed by atoms with E-state index in [0.29, 0.717) is 5.82 Å². The first-order valence-corrected chi connectivity index (χ1v) is 8.51. The number of rotatable bonds is 5. The fourth-order valence-corrected chi connectivity index (χ4v) is 3.00. The molecule has 0 radical (unpaired) electrons. The minimum Gasteiger partial charge on any atom is -0.310 e. The molecule has 142 valence electrons. The standard InChI is InChI=1S/C19H21F2N5O/c1-11-9-22-26(10-14-7-15(20)5-6-17(14)21)19(11)23-18(27)8-16-12(2)24-25(4)13(16)3/h5-7,9H,8,10H2,1-4H3,(H,23,27). The van der Waals surface area contributed by atoms with E-state index >= 15 is 0 Å². The Kier molecular flexibility index (Phi) is 5.07. The van der Waals surface area contributed by atoms with Gasteiger partial charge in [-0.2, -0.15) is 10.2 Å². The summed E-state index contributed by atoms with van der Waals surface area (Å²) in [4.78, 5) is 12.5. The van der Waals surface area contributed by atoms with Gasteiger partial charge in [0.1, 0.15) is 17.5 Å². The van der Waals surface area contributed by atoms with Crippen LogP contribution in [0, 0.1) is 32.4 Å². The SMILES string of the molecule is Cc1cnn(Cc2cc(F)ccc2F)c1NC(=O)Cc1c(C)nn(C)c1C. The van der Waals surface area contributed by atoms with Crippen LogP contribution in [0.15, 0.2) is 24.4 Å². The number of aryl methyl sites for hydroxylation is 3. The normalized spacial score (nSPS) is 11.0. The van der Waals surface area contributed by atoms with Gasteiger partial charge in [-0.25, -0.2) is 13.5 Å². The van der Waals surface area contributed by atoms with Gasteiger partial charge < -0.3 is 5.32 Å². The van der Waals surface area contributed by atoms with E-state index in [0.717, 1.165) is 40.7 Å². The fourth-order valence-electron chi connectivity index (χ4n) is 3.00. The summed E-state index contributed by atoms with van der Waals surface area (Å²) < 4.78 is 30.5. The molecule has 3 aromatic rings. The second-order valence-corrected chi connectivity index (χ2v) is 6.57. The van der Waals surface area contributed by atoms with Gasteiger partial charge >= 0.3 is 0 Å². The minimum atomic E-state index is -0.525. The van der Waals surface area contributed by atoms with Crippen molar-refractivity contribution in [1.29, 1.82) is 0 Å². The van der Waals surface area contributed by atoms with Gasteiger partial charge in [0.2, 0.25) is 5.91 Å². The Morgan fingerprint density at radius 1 is 1.22 bits per heavy atom. The number of aromatic nitrogens is 4.